The summed E-state index contributed by atoms with van der Waals surface area (Å²) in [5.74, 6) is 6.71. The lowest BCUT2D eigenvalue weighted by Crippen LogP contribution is -2.31. The molecule has 8 heteroatoms. The molecule has 1 aliphatic carbocycles. The number of hydrogen-bond donors (Lipinski definition) is 3. The number of hydrazine groups is 1. The van der Waals surface area contributed by atoms with Crippen molar-refractivity contribution < 1.29 is 4.92 Å². The molecule has 1 aliphatic rings. The zero-order valence-electron chi connectivity index (χ0n) is 11.7. The van der Waals surface area contributed by atoms with E-state index in [2.05, 4.69) is 34.6 Å². The van der Waals surface area contributed by atoms with Gasteiger partial charge in [-0.3, -0.25) is 10.1 Å². The number of anilines is 2. The van der Waals surface area contributed by atoms with Crippen LogP contribution in [0.25, 0.3) is 0 Å². The fraction of sp³-hybridized carbons (Fsp3) is 0.667. The van der Waals surface area contributed by atoms with Gasteiger partial charge < -0.3 is 10.7 Å². The van der Waals surface area contributed by atoms with Crippen LogP contribution in [0.3, 0.4) is 0 Å². The molecular weight excluding hydrogens is 260 g/mol. The predicted octanol–water partition coefficient (Wildman–Crippen LogP) is 1.91. The van der Waals surface area contributed by atoms with Gasteiger partial charge in [-0.05, 0) is 31.1 Å². The molecule has 8 nitrogen and oxygen atoms in total. The van der Waals surface area contributed by atoms with Crippen molar-refractivity contribution in [1.82, 2.24) is 9.97 Å². The number of nitrogens with zero attached hydrogens (tertiary/aromatic N) is 3. The standard InChI is InChI=1S/C12H20N6O2/c1-7-3-8(2)5-9(4-7)16-11-10(18(19)20)12(17-13)15-6-14-11/h6-9H,3-5,13H2,1-2H3,(H2,14,15,16,17). The molecular formula is C12H20N6O2. The van der Waals surface area contributed by atoms with Gasteiger partial charge in [0.2, 0.25) is 11.6 Å². The number of hydrogen-bond acceptors (Lipinski definition) is 7. The number of rotatable bonds is 4. The van der Waals surface area contributed by atoms with Crippen molar-refractivity contribution in [1.29, 1.82) is 0 Å². The van der Waals surface area contributed by atoms with Gasteiger partial charge in [-0.2, -0.15) is 0 Å². The number of nitro groups is 1. The van der Waals surface area contributed by atoms with Crippen LogP contribution in [0, 0.1) is 22.0 Å². The molecule has 20 heavy (non-hydrogen) atoms. The zero-order valence-corrected chi connectivity index (χ0v) is 11.7. The molecule has 1 heterocycles. The summed E-state index contributed by atoms with van der Waals surface area (Å²) in [7, 11) is 0. The van der Waals surface area contributed by atoms with E-state index in [0.717, 1.165) is 12.8 Å². The van der Waals surface area contributed by atoms with Crippen LogP contribution in [0.15, 0.2) is 6.33 Å². The van der Waals surface area contributed by atoms with E-state index in [9.17, 15) is 10.1 Å². The largest absolute Gasteiger partial charge is 0.361 e. The molecule has 110 valence electrons. The molecule has 0 saturated heterocycles. The summed E-state index contributed by atoms with van der Waals surface area (Å²) in [5, 5.41) is 14.3. The highest BCUT2D eigenvalue weighted by molar-refractivity contribution is 5.69. The van der Waals surface area contributed by atoms with Crippen LogP contribution in [-0.2, 0) is 0 Å². The van der Waals surface area contributed by atoms with Crippen molar-refractivity contribution in [2.75, 3.05) is 10.7 Å². The lowest BCUT2D eigenvalue weighted by atomic mass is 9.80. The first kappa shape index (κ1) is 14.4. The van der Waals surface area contributed by atoms with Crippen LogP contribution in [0.1, 0.15) is 33.1 Å². The van der Waals surface area contributed by atoms with Crippen molar-refractivity contribution in [3.63, 3.8) is 0 Å². The van der Waals surface area contributed by atoms with E-state index in [-0.39, 0.29) is 23.4 Å². The number of aromatic nitrogens is 2. The van der Waals surface area contributed by atoms with Gasteiger partial charge in [-0.25, -0.2) is 15.8 Å². The molecule has 0 aliphatic heterocycles. The Labute approximate surface area is 117 Å². The molecule has 1 fully saturated rings. The summed E-state index contributed by atoms with van der Waals surface area (Å²) in [5.41, 5.74) is 2.03. The fourth-order valence-corrected chi connectivity index (χ4v) is 3.02. The number of nitrogens with two attached hydrogens (primary N) is 1. The summed E-state index contributed by atoms with van der Waals surface area (Å²) in [6.45, 7) is 4.40. The van der Waals surface area contributed by atoms with Crippen LogP contribution in [0.4, 0.5) is 17.3 Å². The topological polar surface area (TPSA) is 119 Å². The van der Waals surface area contributed by atoms with E-state index in [1.165, 1.54) is 12.7 Å². The second-order valence-electron chi connectivity index (χ2n) is 5.58. The van der Waals surface area contributed by atoms with E-state index in [4.69, 9.17) is 5.84 Å². The summed E-state index contributed by atoms with van der Waals surface area (Å²) in [6, 6.07) is 0.188. The quantitative estimate of drug-likeness (QED) is 0.437. The highest BCUT2D eigenvalue weighted by atomic mass is 16.6. The molecule has 1 aromatic rings. The van der Waals surface area contributed by atoms with Gasteiger partial charge in [0.05, 0.1) is 4.92 Å². The predicted molar refractivity (Wildman–Crippen MR) is 76.1 cm³/mol. The summed E-state index contributed by atoms with van der Waals surface area (Å²) >= 11 is 0. The minimum absolute atomic E-state index is 0.0180. The molecule has 0 spiro atoms. The zero-order chi connectivity index (χ0) is 14.7. The minimum Gasteiger partial charge on any atom is -0.361 e. The molecule has 1 aromatic heterocycles. The Kier molecular flexibility index (Phi) is 4.33. The summed E-state index contributed by atoms with van der Waals surface area (Å²) in [6.07, 6.45) is 4.42. The van der Waals surface area contributed by atoms with Crippen LogP contribution < -0.4 is 16.6 Å². The van der Waals surface area contributed by atoms with Gasteiger partial charge in [0.25, 0.3) is 0 Å². The first-order valence-corrected chi connectivity index (χ1v) is 6.73. The van der Waals surface area contributed by atoms with E-state index in [1.807, 2.05) is 0 Å². The fourth-order valence-electron chi connectivity index (χ4n) is 3.02. The number of nitrogens with one attached hydrogen (secondary N) is 2. The van der Waals surface area contributed by atoms with E-state index in [0.29, 0.717) is 11.8 Å². The second-order valence-corrected chi connectivity index (χ2v) is 5.58. The van der Waals surface area contributed by atoms with Crippen molar-refractivity contribution in [3.8, 4) is 0 Å². The minimum atomic E-state index is -0.521. The Bertz CT molecular complexity index is 485. The van der Waals surface area contributed by atoms with Crippen LogP contribution in [0.2, 0.25) is 0 Å². The first-order chi connectivity index (χ1) is 9.51. The van der Waals surface area contributed by atoms with Gasteiger partial charge in [0.15, 0.2) is 0 Å². The molecule has 0 amide bonds. The van der Waals surface area contributed by atoms with Crippen molar-refractivity contribution >= 4 is 17.3 Å². The Morgan fingerprint density at radius 1 is 1.25 bits per heavy atom. The Morgan fingerprint density at radius 3 is 2.40 bits per heavy atom. The second kappa shape index (κ2) is 6.00. The maximum atomic E-state index is 11.2. The molecule has 2 rings (SSSR count). The van der Waals surface area contributed by atoms with Gasteiger partial charge in [0, 0.05) is 6.04 Å². The normalized spacial score (nSPS) is 26.1. The first-order valence-electron chi connectivity index (χ1n) is 6.73. The van der Waals surface area contributed by atoms with Gasteiger partial charge in [0.1, 0.15) is 6.33 Å². The molecule has 0 radical (unpaired) electrons. The molecule has 2 unspecified atom stereocenters. The monoisotopic (exact) mass is 280 g/mol. The van der Waals surface area contributed by atoms with Crippen molar-refractivity contribution in [3.05, 3.63) is 16.4 Å². The van der Waals surface area contributed by atoms with E-state index in [1.54, 1.807) is 0 Å². The van der Waals surface area contributed by atoms with Crippen LogP contribution in [-0.4, -0.2) is 20.9 Å². The third-order valence-corrected chi connectivity index (χ3v) is 3.66. The highest BCUT2D eigenvalue weighted by Gasteiger charge is 2.28. The van der Waals surface area contributed by atoms with Crippen molar-refractivity contribution in [2.24, 2.45) is 17.7 Å². The summed E-state index contributed by atoms with van der Waals surface area (Å²) in [4.78, 5) is 18.4. The van der Waals surface area contributed by atoms with Crippen LogP contribution in [0.5, 0.6) is 0 Å². The van der Waals surface area contributed by atoms with E-state index >= 15 is 0 Å². The third-order valence-electron chi connectivity index (χ3n) is 3.66. The van der Waals surface area contributed by atoms with Crippen molar-refractivity contribution in [2.45, 2.75) is 39.2 Å². The Hall–Kier alpha value is -1.96. The summed E-state index contributed by atoms with van der Waals surface area (Å²) < 4.78 is 0. The molecule has 2 atom stereocenters. The lowest BCUT2D eigenvalue weighted by Gasteiger charge is -2.32. The average Bonchev–Trinajstić information content (AvgIpc) is 2.36. The molecule has 4 N–H and O–H groups in total. The molecule has 0 bridgehead atoms. The van der Waals surface area contributed by atoms with Crippen LogP contribution >= 0.6 is 0 Å². The number of nitrogen functional groups attached to an aromatic ring is 1. The maximum absolute atomic E-state index is 11.2. The van der Waals surface area contributed by atoms with Gasteiger partial charge in [-0.1, -0.05) is 13.8 Å². The highest BCUT2D eigenvalue weighted by Crippen LogP contribution is 2.33. The average molecular weight is 280 g/mol. The lowest BCUT2D eigenvalue weighted by molar-refractivity contribution is -0.383. The SMILES string of the molecule is CC1CC(C)CC(Nc2ncnc(NN)c2[N+](=O)[O-])C1. The Balaban J connectivity index is 2.22. The third kappa shape index (κ3) is 3.13. The maximum Gasteiger partial charge on any atom is 0.354 e. The molecule has 1 saturated carbocycles. The van der Waals surface area contributed by atoms with E-state index < -0.39 is 4.92 Å². The molecule has 0 aromatic carbocycles. The smallest absolute Gasteiger partial charge is 0.354 e. The van der Waals surface area contributed by atoms with Gasteiger partial charge >= 0.3 is 5.69 Å². The Morgan fingerprint density at radius 2 is 1.85 bits per heavy atom. The van der Waals surface area contributed by atoms with Gasteiger partial charge in [-0.15, -0.1) is 0 Å².